The van der Waals surface area contributed by atoms with E-state index in [0.717, 1.165) is 51.4 Å². The predicted molar refractivity (Wildman–Crippen MR) is 122 cm³/mol. The second-order valence-corrected chi connectivity index (χ2v) is 11.4. The molecule has 32 heavy (non-hydrogen) atoms. The summed E-state index contributed by atoms with van der Waals surface area (Å²) in [6, 6.07) is 0. The van der Waals surface area contributed by atoms with Gasteiger partial charge in [0.1, 0.15) is 6.10 Å². The van der Waals surface area contributed by atoms with Gasteiger partial charge in [0, 0.05) is 18.8 Å². The Morgan fingerprint density at radius 3 is 2.59 bits per heavy atom. The van der Waals surface area contributed by atoms with Crippen LogP contribution in [0.4, 0.5) is 0 Å². The van der Waals surface area contributed by atoms with Crippen molar-refractivity contribution in [1.29, 1.82) is 0 Å². The third-order valence-corrected chi connectivity index (χ3v) is 10.0. The zero-order valence-electron chi connectivity index (χ0n) is 20.4. The number of allylic oxidation sites excluding steroid dienone is 2. The second-order valence-electron chi connectivity index (χ2n) is 11.4. The van der Waals surface area contributed by atoms with Crippen LogP contribution in [0, 0.1) is 40.4 Å². The summed E-state index contributed by atoms with van der Waals surface area (Å²) in [5.41, 5.74) is 1.12. The molecule has 0 amide bonds. The van der Waals surface area contributed by atoms with E-state index < -0.39 is 0 Å². The Bertz CT molecular complexity index is 815. The van der Waals surface area contributed by atoms with Gasteiger partial charge in [-0.1, -0.05) is 26.3 Å². The van der Waals surface area contributed by atoms with E-state index in [2.05, 4.69) is 20.8 Å². The number of esters is 2. The molecule has 0 aromatic rings. The second kappa shape index (κ2) is 8.61. The van der Waals surface area contributed by atoms with Crippen LogP contribution in [0.15, 0.2) is 11.6 Å². The summed E-state index contributed by atoms with van der Waals surface area (Å²) in [6.07, 6.45) is 10.5. The molecule has 0 spiro atoms. The minimum Gasteiger partial charge on any atom is -0.469 e. The molecule has 3 saturated carbocycles. The normalized spacial score (nSPS) is 41.6. The monoisotopic (exact) mass is 444 g/mol. The number of ketones is 1. The molecule has 0 aromatic carbocycles. The van der Waals surface area contributed by atoms with Crippen LogP contribution in [0.2, 0.25) is 0 Å². The molecular formula is C27H40O5. The summed E-state index contributed by atoms with van der Waals surface area (Å²) in [5, 5.41) is 0. The molecule has 5 heteroatoms. The zero-order chi connectivity index (χ0) is 23.3. The smallest absolute Gasteiger partial charge is 0.305 e. The first kappa shape index (κ1) is 23.5. The van der Waals surface area contributed by atoms with E-state index in [1.165, 1.54) is 19.6 Å². The van der Waals surface area contributed by atoms with Gasteiger partial charge >= 0.3 is 11.9 Å². The largest absolute Gasteiger partial charge is 0.469 e. The number of hydrogen-bond donors (Lipinski definition) is 0. The Morgan fingerprint density at radius 1 is 1.16 bits per heavy atom. The molecule has 0 bridgehead atoms. The third kappa shape index (κ3) is 3.74. The van der Waals surface area contributed by atoms with Crippen molar-refractivity contribution in [3.63, 3.8) is 0 Å². The van der Waals surface area contributed by atoms with Gasteiger partial charge in [-0.25, -0.2) is 0 Å². The summed E-state index contributed by atoms with van der Waals surface area (Å²) in [5.74, 6) is 1.99. The Hall–Kier alpha value is -1.65. The standard InChI is InChI=1S/C27H40O5/c1-16(6-11-25(30)31-5)21-9-10-22-20-8-7-18-14-19(32-17(2)28)12-13-26(18,3)23(20)15-24(29)27(21,22)4/h15-16,18-22H,6-14H2,1-5H3/t16-,18+,19+,20-,21-,22-,26+,27+/m0/s1. The molecule has 5 nitrogen and oxygen atoms in total. The molecule has 0 aliphatic heterocycles. The first-order valence-corrected chi connectivity index (χ1v) is 12.6. The predicted octanol–water partition coefficient (Wildman–Crippen LogP) is 5.27. The molecular weight excluding hydrogens is 404 g/mol. The number of carbonyl (C=O) groups is 3. The van der Waals surface area contributed by atoms with E-state index in [9.17, 15) is 14.4 Å². The number of carbonyl (C=O) groups excluding carboxylic acids is 3. The SMILES string of the molecule is COC(=O)CC[C@H](C)[C@@H]1CC[C@H]2[C@@H]3CC[C@@H]4C[C@H](OC(C)=O)CC[C@@]4(C)C3=CC(=O)[C@@]21C. The number of rotatable bonds is 5. The van der Waals surface area contributed by atoms with Gasteiger partial charge in [0.2, 0.25) is 0 Å². The highest BCUT2D eigenvalue weighted by Gasteiger charge is 2.61. The average molecular weight is 445 g/mol. The van der Waals surface area contributed by atoms with E-state index in [-0.39, 0.29) is 28.9 Å². The summed E-state index contributed by atoms with van der Waals surface area (Å²) in [7, 11) is 1.44. The Morgan fingerprint density at radius 2 is 1.91 bits per heavy atom. The third-order valence-electron chi connectivity index (χ3n) is 10.0. The topological polar surface area (TPSA) is 69.7 Å². The highest BCUT2D eigenvalue weighted by Crippen LogP contribution is 2.65. The van der Waals surface area contributed by atoms with Crippen LogP contribution in [-0.2, 0) is 23.9 Å². The van der Waals surface area contributed by atoms with E-state index in [4.69, 9.17) is 9.47 Å². The van der Waals surface area contributed by atoms with Crippen molar-refractivity contribution in [2.24, 2.45) is 40.4 Å². The Labute approximate surface area is 192 Å². The molecule has 0 saturated heterocycles. The molecule has 178 valence electrons. The van der Waals surface area contributed by atoms with Crippen LogP contribution in [0.1, 0.15) is 85.5 Å². The van der Waals surface area contributed by atoms with Crippen molar-refractivity contribution in [1.82, 2.24) is 0 Å². The molecule has 0 aromatic heterocycles. The number of hydrogen-bond acceptors (Lipinski definition) is 5. The Balaban J connectivity index is 1.56. The minimum atomic E-state index is -0.318. The van der Waals surface area contributed by atoms with Gasteiger partial charge < -0.3 is 9.47 Å². The van der Waals surface area contributed by atoms with Crippen LogP contribution in [0.3, 0.4) is 0 Å². The maximum absolute atomic E-state index is 13.8. The van der Waals surface area contributed by atoms with Crippen molar-refractivity contribution >= 4 is 17.7 Å². The fourth-order valence-electron chi connectivity index (χ4n) is 8.21. The summed E-state index contributed by atoms with van der Waals surface area (Å²) in [4.78, 5) is 36.9. The molecule has 4 aliphatic rings. The molecule has 8 atom stereocenters. The lowest BCUT2D eigenvalue weighted by atomic mass is 9.48. The average Bonchev–Trinajstić information content (AvgIpc) is 3.11. The lowest BCUT2D eigenvalue weighted by molar-refractivity contribution is -0.151. The van der Waals surface area contributed by atoms with Crippen molar-refractivity contribution in [3.8, 4) is 0 Å². The van der Waals surface area contributed by atoms with Gasteiger partial charge in [-0.05, 0) is 92.4 Å². The van der Waals surface area contributed by atoms with Gasteiger partial charge in [-0.3, -0.25) is 14.4 Å². The quantitative estimate of drug-likeness (QED) is 0.541. The van der Waals surface area contributed by atoms with Crippen LogP contribution in [0.5, 0.6) is 0 Å². The van der Waals surface area contributed by atoms with E-state index in [0.29, 0.717) is 41.8 Å². The molecule has 0 unspecified atom stereocenters. The van der Waals surface area contributed by atoms with Crippen molar-refractivity contribution in [2.45, 2.75) is 91.6 Å². The van der Waals surface area contributed by atoms with E-state index >= 15 is 0 Å². The first-order valence-electron chi connectivity index (χ1n) is 12.6. The van der Waals surface area contributed by atoms with Gasteiger partial charge in [-0.15, -0.1) is 0 Å². The number of ether oxygens (including phenoxy) is 2. The minimum absolute atomic E-state index is 0.0267. The Kier molecular flexibility index (Phi) is 6.32. The maximum atomic E-state index is 13.8. The molecule has 4 aliphatic carbocycles. The van der Waals surface area contributed by atoms with Gasteiger partial charge in [-0.2, -0.15) is 0 Å². The van der Waals surface area contributed by atoms with Crippen LogP contribution in [-0.4, -0.2) is 30.9 Å². The summed E-state index contributed by atoms with van der Waals surface area (Å²) in [6.45, 7) is 8.28. The number of methoxy groups -OCH3 is 1. The zero-order valence-corrected chi connectivity index (χ0v) is 20.4. The molecule has 4 rings (SSSR count). The fourth-order valence-corrected chi connectivity index (χ4v) is 8.21. The highest BCUT2D eigenvalue weighted by molar-refractivity contribution is 5.97. The summed E-state index contributed by atoms with van der Waals surface area (Å²) < 4.78 is 10.4. The van der Waals surface area contributed by atoms with Crippen LogP contribution >= 0.6 is 0 Å². The van der Waals surface area contributed by atoms with E-state index in [1.807, 2.05) is 6.08 Å². The molecule has 0 heterocycles. The molecule has 3 fully saturated rings. The van der Waals surface area contributed by atoms with Crippen molar-refractivity contribution < 1.29 is 23.9 Å². The number of fused-ring (bicyclic) bond motifs is 5. The van der Waals surface area contributed by atoms with Crippen LogP contribution < -0.4 is 0 Å². The summed E-state index contributed by atoms with van der Waals surface area (Å²) >= 11 is 0. The van der Waals surface area contributed by atoms with Crippen molar-refractivity contribution in [3.05, 3.63) is 11.6 Å². The molecule has 0 N–H and O–H groups in total. The highest BCUT2D eigenvalue weighted by atomic mass is 16.5. The lowest BCUT2D eigenvalue weighted by Gasteiger charge is -2.56. The first-order chi connectivity index (χ1) is 15.1. The van der Waals surface area contributed by atoms with Crippen LogP contribution in [0.25, 0.3) is 0 Å². The maximum Gasteiger partial charge on any atom is 0.305 e. The van der Waals surface area contributed by atoms with Crippen molar-refractivity contribution in [2.75, 3.05) is 7.11 Å². The molecule has 0 radical (unpaired) electrons. The van der Waals surface area contributed by atoms with Gasteiger partial charge in [0.05, 0.1) is 7.11 Å². The fraction of sp³-hybridized carbons (Fsp3) is 0.815. The van der Waals surface area contributed by atoms with E-state index in [1.54, 1.807) is 0 Å². The lowest BCUT2D eigenvalue weighted by Crippen LogP contribution is -2.52. The van der Waals surface area contributed by atoms with Gasteiger partial charge in [0.25, 0.3) is 0 Å². The van der Waals surface area contributed by atoms with Gasteiger partial charge in [0.15, 0.2) is 5.78 Å².